The first kappa shape index (κ1) is 15.3. The summed E-state index contributed by atoms with van der Waals surface area (Å²) in [6.07, 6.45) is 1.45. The van der Waals surface area contributed by atoms with Crippen LogP contribution in [0.3, 0.4) is 0 Å². The van der Waals surface area contributed by atoms with Crippen molar-refractivity contribution < 1.29 is 14.6 Å². The first-order valence-electron chi connectivity index (χ1n) is 6.65. The molecule has 0 atom stereocenters. The van der Waals surface area contributed by atoms with Gasteiger partial charge in [0.15, 0.2) is 5.69 Å². The van der Waals surface area contributed by atoms with Crippen LogP contribution in [0.2, 0.25) is 5.02 Å². The molecule has 0 spiro atoms. The zero-order valence-corrected chi connectivity index (χ0v) is 12.4. The number of carboxylic acid groups (broad SMARTS) is 1. The van der Waals surface area contributed by atoms with Crippen LogP contribution in [0.1, 0.15) is 29.5 Å². The molecular weight excluding hydrogens is 294 g/mol. The Labute approximate surface area is 127 Å². The lowest BCUT2D eigenvalue weighted by atomic mass is 10.2. The molecule has 0 bridgehead atoms. The van der Waals surface area contributed by atoms with Gasteiger partial charge in [-0.2, -0.15) is 0 Å². The zero-order chi connectivity index (χ0) is 15.2. The van der Waals surface area contributed by atoms with E-state index in [-0.39, 0.29) is 5.69 Å². The maximum Gasteiger partial charge on any atom is 0.358 e. The molecule has 2 rings (SSSR count). The van der Waals surface area contributed by atoms with Crippen LogP contribution in [0.15, 0.2) is 24.3 Å². The van der Waals surface area contributed by atoms with Gasteiger partial charge in [0.05, 0.1) is 12.2 Å². The SMILES string of the molecule is CCCc1c(C(=O)O)nnn1CCOc1ccc(Cl)cc1. The van der Waals surface area contributed by atoms with Crippen LogP contribution in [0.25, 0.3) is 0 Å². The molecule has 1 aromatic carbocycles. The summed E-state index contributed by atoms with van der Waals surface area (Å²) in [5, 5.41) is 17.3. The Kier molecular flexibility index (Phi) is 5.16. The molecule has 0 unspecified atom stereocenters. The fourth-order valence-electron chi connectivity index (χ4n) is 1.94. The molecule has 0 fully saturated rings. The molecule has 0 aliphatic heterocycles. The number of rotatable bonds is 7. The van der Waals surface area contributed by atoms with E-state index in [1.54, 1.807) is 28.9 Å². The van der Waals surface area contributed by atoms with Crippen molar-refractivity contribution in [3.63, 3.8) is 0 Å². The highest BCUT2D eigenvalue weighted by Gasteiger charge is 2.17. The van der Waals surface area contributed by atoms with Crippen molar-refractivity contribution in [1.82, 2.24) is 15.0 Å². The number of halogens is 1. The van der Waals surface area contributed by atoms with Crippen molar-refractivity contribution in [3.05, 3.63) is 40.7 Å². The Morgan fingerprint density at radius 1 is 1.38 bits per heavy atom. The van der Waals surface area contributed by atoms with Crippen LogP contribution in [-0.2, 0) is 13.0 Å². The van der Waals surface area contributed by atoms with E-state index >= 15 is 0 Å². The van der Waals surface area contributed by atoms with Crippen molar-refractivity contribution in [2.45, 2.75) is 26.3 Å². The minimum atomic E-state index is -1.05. The second-order valence-corrected chi connectivity index (χ2v) is 4.90. The Morgan fingerprint density at radius 3 is 2.71 bits per heavy atom. The summed E-state index contributed by atoms with van der Waals surface area (Å²) in [5.74, 6) is -0.349. The van der Waals surface area contributed by atoms with E-state index < -0.39 is 5.97 Å². The summed E-state index contributed by atoms with van der Waals surface area (Å²) < 4.78 is 7.16. The highest BCUT2D eigenvalue weighted by Crippen LogP contribution is 2.15. The quantitative estimate of drug-likeness (QED) is 0.850. The molecule has 0 amide bonds. The van der Waals surface area contributed by atoms with Gasteiger partial charge >= 0.3 is 5.97 Å². The molecule has 112 valence electrons. The van der Waals surface area contributed by atoms with Crippen LogP contribution < -0.4 is 4.74 Å². The number of hydrogen-bond acceptors (Lipinski definition) is 4. The number of benzene rings is 1. The summed E-state index contributed by atoms with van der Waals surface area (Å²) in [4.78, 5) is 11.1. The number of ether oxygens (including phenoxy) is 1. The largest absolute Gasteiger partial charge is 0.492 e. The highest BCUT2D eigenvalue weighted by molar-refractivity contribution is 6.30. The monoisotopic (exact) mass is 309 g/mol. The Morgan fingerprint density at radius 2 is 2.10 bits per heavy atom. The normalized spacial score (nSPS) is 10.6. The highest BCUT2D eigenvalue weighted by atomic mass is 35.5. The fourth-order valence-corrected chi connectivity index (χ4v) is 2.07. The van der Waals surface area contributed by atoms with E-state index in [0.29, 0.717) is 36.0 Å². The molecular formula is C14H16ClN3O3. The number of aromatic carboxylic acids is 1. The molecule has 0 aliphatic carbocycles. The van der Waals surface area contributed by atoms with E-state index in [1.165, 1.54) is 0 Å². The Bertz CT molecular complexity index is 610. The number of carboxylic acids is 1. The van der Waals surface area contributed by atoms with Crippen LogP contribution >= 0.6 is 11.6 Å². The van der Waals surface area contributed by atoms with Gasteiger partial charge in [0, 0.05) is 5.02 Å². The fraction of sp³-hybridized carbons (Fsp3) is 0.357. The lowest BCUT2D eigenvalue weighted by Crippen LogP contribution is -2.13. The third kappa shape index (κ3) is 3.95. The molecule has 0 radical (unpaired) electrons. The number of hydrogen-bond donors (Lipinski definition) is 1. The van der Waals surface area contributed by atoms with Gasteiger partial charge in [-0.15, -0.1) is 5.10 Å². The van der Waals surface area contributed by atoms with Crippen molar-refractivity contribution in [2.75, 3.05) is 6.61 Å². The predicted molar refractivity (Wildman–Crippen MR) is 77.9 cm³/mol. The average molecular weight is 310 g/mol. The Hall–Kier alpha value is -2.08. The third-order valence-corrected chi connectivity index (χ3v) is 3.16. The lowest BCUT2D eigenvalue weighted by Gasteiger charge is -2.08. The second kappa shape index (κ2) is 7.08. The van der Waals surface area contributed by atoms with Gasteiger partial charge in [-0.25, -0.2) is 9.48 Å². The van der Waals surface area contributed by atoms with Gasteiger partial charge < -0.3 is 9.84 Å². The average Bonchev–Trinajstić information content (AvgIpc) is 2.85. The molecule has 7 heteroatoms. The van der Waals surface area contributed by atoms with E-state index in [0.717, 1.165) is 6.42 Å². The molecule has 1 heterocycles. The molecule has 0 aliphatic rings. The maximum absolute atomic E-state index is 11.1. The number of nitrogens with zero attached hydrogens (tertiary/aromatic N) is 3. The molecule has 6 nitrogen and oxygen atoms in total. The first-order valence-corrected chi connectivity index (χ1v) is 7.03. The summed E-state index contributed by atoms with van der Waals surface area (Å²) in [7, 11) is 0. The second-order valence-electron chi connectivity index (χ2n) is 4.47. The third-order valence-electron chi connectivity index (χ3n) is 2.91. The topological polar surface area (TPSA) is 77.2 Å². The number of aromatic nitrogens is 3. The smallest absolute Gasteiger partial charge is 0.358 e. The standard InChI is InChI=1S/C14H16ClN3O3/c1-2-3-12-13(14(19)20)16-17-18(12)8-9-21-11-6-4-10(15)5-7-11/h4-7H,2-3,8-9H2,1H3,(H,19,20). The van der Waals surface area contributed by atoms with Crippen LogP contribution in [0.4, 0.5) is 0 Å². The van der Waals surface area contributed by atoms with Gasteiger partial charge in [-0.3, -0.25) is 0 Å². The van der Waals surface area contributed by atoms with Gasteiger partial charge in [0.1, 0.15) is 12.4 Å². The predicted octanol–water partition coefficient (Wildman–Crippen LogP) is 2.66. The van der Waals surface area contributed by atoms with Gasteiger partial charge in [0.25, 0.3) is 0 Å². The van der Waals surface area contributed by atoms with E-state index in [2.05, 4.69) is 10.3 Å². The van der Waals surface area contributed by atoms with E-state index in [9.17, 15) is 4.79 Å². The van der Waals surface area contributed by atoms with Gasteiger partial charge in [-0.05, 0) is 30.7 Å². The molecule has 0 saturated carbocycles. The molecule has 1 N–H and O–H groups in total. The van der Waals surface area contributed by atoms with Crippen molar-refractivity contribution >= 4 is 17.6 Å². The van der Waals surface area contributed by atoms with Crippen LogP contribution in [-0.4, -0.2) is 32.7 Å². The maximum atomic E-state index is 11.1. The minimum Gasteiger partial charge on any atom is -0.492 e. The van der Waals surface area contributed by atoms with Crippen molar-refractivity contribution in [3.8, 4) is 5.75 Å². The first-order chi connectivity index (χ1) is 10.1. The van der Waals surface area contributed by atoms with Crippen LogP contribution in [0.5, 0.6) is 5.75 Å². The van der Waals surface area contributed by atoms with E-state index in [1.807, 2.05) is 6.92 Å². The summed E-state index contributed by atoms with van der Waals surface area (Å²) in [5.41, 5.74) is 0.646. The summed E-state index contributed by atoms with van der Waals surface area (Å²) in [6, 6.07) is 7.05. The number of carbonyl (C=O) groups is 1. The molecule has 0 saturated heterocycles. The molecule has 2 aromatic rings. The van der Waals surface area contributed by atoms with Gasteiger partial charge in [0.2, 0.25) is 0 Å². The molecule has 21 heavy (non-hydrogen) atoms. The van der Waals surface area contributed by atoms with Crippen LogP contribution in [0, 0.1) is 0 Å². The van der Waals surface area contributed by atoms with Crippen molar-refractivity contribution in [1.29, 1.82) is 0 Å². The summed E-state index contributed by atoms with van der Waals surface area (Å²) in [6.45, 7) is 2.80. The van der Waals surface area contributed by atoms with E-state index in [4.69, 9.17) is 21.4 Å². The Balaban J connectivity index is 1.99. The molecule has 1 aromatic heterocycles. The zero-order valence-electron chi connectivity index (χ0n) is 11.6. The summed E-state index contributed by atoms with van der Waals surface area (Å²) >= 11 is 5.80. The van der Waals surface area contributed by atoms with Crippen molar-refractivity contribution in [2.24, 2.45) is 0 Å². The lowest BCUT2D eigenvalue weighted by molar-refractivity contribution is 0.0689. The minimum absolute atomic E-state index is 0.0170. The van der Waals surface area contributed by atoms with Gasteiger partial charge in [-0.1, -0.05) is 30.2 Å².